The normalized spacial score (nSPS) is 17.4. The summed E-state index contributed by atoms with van der Waals surface area (Å²) in [6.07, 6.45) is 5.99. The highest BCUT2D eigenvalue weighted by Gasteiger charge is 2.32. The van der Waals surface area contributed by atoms with Gasteiger partial charge < -0.3 is 5.32 Å². The maximum atomic E-state index is 13.1. The molecule has 0 aliphatic heterocycles. The quantitative estimate of drug-likeness (QED) is 0.878. The zero-order valence-electron chi connectivity index (χ0n) is 11.1. The summed E-state index contributed by atoms with van der Waals surface area (Å²) in [5.41, 5.74) is 0.768. The van der Waals surface area contributed by atoms with E-state index in [1.165, 1.54) is 43.9 Å². The van der Waals surface area contributed by atoms with Crippen molar-refractivity contribution < 1.29 is 9.18 Å². The standard InChI is InChI=1S/C15H19BrFNO/c1-2-15(7-3-4-8-15)10-18-14(19)11-5-6-13(17)12(16)9-11/h5-6,9H,2-4,7-8,10H2,1H3,(H,18,19). The molecule has 0 heterocycles. The summed E-state index contributed by atoms with van der Waals surface area (Å²) >= 11 is 3.10. The molecule has 19 heavy (non-hydrogen) atoms. The van der Waals surface area contributed by atoms with Crippen molar-refractivity contribution in [3.05, 3.63) is 34.1 Å². The first-order valence-corrected chi connectivity index (χ1v) is 7.59. The molecule has 1 aliphatic carbocycles. The van der Waals surface area contributed by atoms with Crippen LogP contribution in [0.5, 0.6) is 0 Å². The van der Waals surface area contributed by atoms with Crippen LogP contribution >= 0.6 is 15.9 Å². The van der Waals surface area contributed by atoms with E-state index in [0.717, 1.165) is 13.0 Å². The molecule has 1 saturated carbocycles. The predicted octanol–water partition coefficient (Wildman–Crippen LogP) is 4.29. The Labute approximate surface area is 121 Å². The van der Waals surface area contributed by atoms with Crippen molar-refractivity contribution in [1.82, 2.24) is 5.32 Å². The molecule has 1 fully saturated rings. The van der Waals surface area contributed by atoms with Gasteiger partial charge in [-0.3, -0.25) is 4.79 Å². The van der Waals surface area contributed by atoms with Gasteiger partial charge in [-0.1, -0.05) is 19.8 Å². The summed E-state index contributed by atoms with van der Waals surface area (Å²) in [7, 11) is 0. The van der Waals surface area contributed by atoms with Crippen LogP contribution in [0.1, 0.15) is 49.4 Å². The van der Waals surface area contributed by atoms with Crippen molar-refractivity contribution in [2.45, 2.75) is 39.0 Å². The molecule has 0 saturated heterocycles. The van der Waals surface area contributed by atoms with Crippen LogP contribution in [-0.4, -0.2) is 12.5 Å². The molecule has 1 N–H and O–H groups in total. The van der Waals surface area contributed by atoms with Gasteiger partial charge >= 0.3 is 0 Å². The third-order valence-electron chi connectivity index (χ3n) is 4.22. The van der Waals surface area contributed by atoms with Crippen molar-refractivity contribution in [2.24, 2.45) is 5.41 Å². The Bertz CT molecular complexity index is 469. The Morgan fingerprint density at radius 2 is 2.11 bits per heavy atom. The van der Waals surface area contributed by atoms with Gasteiger partial charge in [0.1, 0.15) is 5.82 Å². The van der Waals surface area contributed by atoms with Gasteiger partial charge in [0.15, 0.2) is 0 Å². The lowest BCUT2D eigenvalue weighted by Gasteiger charge is -2.27. The molecule has 1 aliphatic rings. The number of carbonyl (C=O) groups excluding carboxylic acids is 1. The van der Waals surface area contributed by atoms with Gasteiger partial charge in [-0.15, -0.1) is 0 Å². The van der Waals surface area contributed by atoms with E-state index in [1.54, 1.807) is 0 Å². The molecular weight excluding hydrogens is 309 g/mol. The molecule has 2 nitrogen and oxygen atoms in total. The third kappa shape index (κ3) is 3.35. The minimum absolute atomic E-state index is 0.125. The van der Waals surface area contributed by atoms with E-state index in [0.29, 0.717) is 10.0 Å². The van der Waals surface area contributed by atoms with E-state index in [1.807, 2.05) is 0 Å². The zero-order chi connectivity index (χ0) is 13.9. The number of amides is 1. The first-order chi connectivity index (χ1) is 9.06. The highest BCUT2D eigenvalue weighted by atomic mass is 79.9. The highest BCUT2D eigenvalue weighted by molar-refractivity contribution is 9.10. The molecule has 2 rings (SSSR count). The van der Waals surface area contributed by atoms with Gasteiger partial charge in [-0.2, -0.15) is 0 Å². The van der Waals surface area contributed by atoms with E-state index in [9.17, 15) is 9.18 Å². The fourth-order valence-electron chi connectivity index (χ4n) is 2.79. The second-order valence-corrected chi connectivity index (χ2v) is 6.23. The minimum Gasteiger partial charge on any atom is -0.351 e. The second kappa shape index (κ2) is 6.04. The molecule has 4 heteroatoms. The lowest BCUT2D eigenvalue weighted by molar-refractivity contribution is 0.0928. The monoisotopic (exact) mass is 327 g/mol. The van der Waals surface area contributed by atoms with E-state index in [2.05, 4.69) is 28.2 Å². The van der Waals surface area contributed by atoms with Crippen LogP contribution in [0.2, 0.25) is 0 Å². The van der Waals surface area contributed by atoms with E-state index >= 15 is 0 Å². The molecule has 1 aromatic carbocycles. The van der Waals surface area contributed by atoms with Crippen LogP contribution in [0.15, 0.2) is 22.7 Å². The molecule has 0 bridgehead atoms. The van der Waals surface area contributed by atoms with Crippen LogP contribution in [0.3, 0.4) is 0 Å². The molecular formula is C15H19BrFNO. The summed E-state index contributed by atoms with van der Waals surface area (Å²) in [5.74, 6) is -0.474. The van der Waals surface area contributed by atoms with Gasteiger partial charge in [0.25, 0.3) is 5.91 Å². The Morgan fingerprint density at radius 3 is 2.68 bits per heavy atom. The number of rotatable bonds is 4. The SMILES string of the molecule is CCC1(CNC(=O)c2ccc(F)c(Br)c2)CCCC1. The fraction of sp³-hybridized carbons (Fsp3) is 0.533. The van der Waals surface area contributed by atoms with Gasteiger partial charge in [0, 0.05) is 12.1 Å². The average Bonchev–Trinajstić information content (AvgIpc) is 2.89. The number of hydrogen-bond acceptors (Lipinski definition) is 1. The summed E-state index contributed by atoms with van der Waals surface area (Å²) in [6.45, 7) is 2.91. The van der Waals surface area contributed by atoms with Crippen LogP contribution in [0.4, 0.5) is 4.39 Å². The largest absolute Gasteiger partial charge is 0.351 e. The highest BCUT2D eigenvalue weighted by Crippen LogP contribution is 2.40. The Kier molecular flexibility index (Phi) is 4.61. The Balaban J connectivity index is 1.99. The summed E-state index contributed by atoms with van der Waals surface area (Å²) in [4.78, 5) is 12.1. The van der Waals surface area contributed by atoms with Crippen molar-refractivity contribution in [3.63, 3.8) is 0 Å². The molecule has 0 atom stereocenters. The topological polar surface area (TPSA) is 29.1 Å². The van der Waals surface area contributed by atoms with Crippen molar-refractivity contribution in [1.29, 1.82) is 0 Å². The number of nitrogens with one attached hydrogen (secondary N) is 1. The average molecular weight is 328 g/mol. The summed E-state index contributed by atoms with van der Waals surface area (Å²) in [5, 5.41) is 3.00. The maximum Gasteiger partial charge on any atom is 0.251 e. The van der Waals surface area contributed by atoms with E-state index < -0.39 is 0 Å². The Morgan fingerprint density at radius 1 is 1.42 bits per heavy atom. The van der Waals surface area contributed by atoms with Crippen molar-refractivity contribution in [3.8, 4) is 0 Å². The molecule has 0 spiro atoms. The fourth-order valence-corrected chi connectivity index (χ4v) is 3.17. The van der Waals surface area contributed by atoms with Crippen molar-refractivity contribution in [2.75, 3.05) is 6.54 Å². The number of benzene rings is 1. The number of carbonyl (C=O) groups is 1. The zero-order valence-corrected chi connectivity index (χ0v) is 12.7. The van der Waals surface area contributed by atoms with Gasteiger partial charge in [-0.05, 0) is 58.8 Å². The molecule has 0 unspecified atom stereocenters. The summed E-state index contributed by atoms with van der Waals surface area (Å²) in [6, 6.07) is 4.35. The first kappa shape index (κ1) is 14.5. The van der Waals surface area contributed by atoms with Gasteiger partial charge in [-0.25, -0.2) is 4.39 Å². The second-order valence-electron chi connectivity index (χ2n) is 5.37. The predicted molar refractivity (Wildman–Crippen MR) is 77.6 cm³/mol. The summed E-state index contributed by atoms with van der Waals surface area (Å²) < 4.78 is 13.5. The molecule has 104 valence electrons. The van der Waals surface area contributed by atoms with E-state index in [-0.39, 0.29) is 17.1 Å². The van der Waals surface area contributed by atoms with Crippen LogP contribution < -0.4 is 5.32 Å². The maximum absolute atomic E-state index is 13.1. The smallest absolute Gasteiger partial charge is 0.251 e. The van der Waals surface area contributed by atoms with Crippen LogP contribution in [0, 0.1) is 11.2 Å². The Hall–Kier alpha value is -0.900. The number of hydrogen-bond donors (Lipinski definition) is 1. The van der Waals surface area contributed by atoms with Gasteiger partial charge in [0.05, 0.1) is 4.47 Å². The minimum atomic E-state index is -0.350. The van der Waals surface area contributed by atoms with Crippen molar-refractivity contribution >= 4 is 21.8 Å². The number of halogens is 2. The lowest BCUT2D eigenvalue weighted by atomic mass is 9.83. The molecule has 0 radical (unpaired) electrons. The lowest BCUT2D eigenvalue weighted by Crippen LogP contribution is -2.35. The molecule has 0 aromatic heterocycles. The van der Waals surface area contributed by atoms with Crippen LogP contribution in [0.25, 0.3) is 0 Å². The molecule has 1 amide bonds. The van der Waals surface area contributed by atoms with Crippen LogP contribution in [-0.2, 0) is 0 Å². The third-order valence-corrected chi connectivity index (χ3v) is 4.83. The van der Waals surface area contributed by atoms with E-state index in [4.69, 9.17) is 0 Å². The first-order valence-electron chi connectivity index (χ1n) is 6.79. The van der Waals surface area contributed by atoms with Gasteiger partial charge in [0.2, 0.25) is 0 Å². The molecule has 1 aromatic rings.